The zero-order valence-corrected chi connectivity index (χ0v) is 22.4. The summed E-state index contributed by atoms with van der Waals surface area (Å²) in [7, 11) is 0. The predicted molar refractivity (Wildman–Crippen MR) is 138 cm³/mol. The fourth-order valence-electron chi connectivity index (χ4n) is 4.40. The molecule has 8 heteroatoms. The molecule has 1 fully saturated rings. The number of rotatable bonds is 8. The molecule has 0 N–H and O–H groups in total. The Morgan fingerprint density at radius 3 is 1.94 bits per heavy atom. The summed E-state index contributed by atoms with van der Waals surface area (Å²) in [6, 6.07) is 14.5. The van der Waals surface area contributed by atoms with E-state index in [0.29, 0.717) is 0 Å². The van der Waals surface area contributed by atoms with E-state index >= 15 is 0 Å². The van der Waals surface area contributed by atoms with Crippen LogP contribution >= 0.6 is 11.8 Å². The van der Waals surface area contributed by atoms with E-state index < -0.39 is 47.8 Å². The van der Waals surface area contributed by atoms with Crippen molar-refractivity contribution in [1.82, 2.24) is 0 Å². The zero-order chi connectivity index (χ0) is 26.4. The predicted octanol–water partition coefficient (Wildman–Crippen LogP) is 4.70. The second kappa shape index (κ2) is 12.4. The van der Waals surface area contributed by atoms with E-state index in [1.165, 1.54) is 43.7 Å². The molecule has 0 unspecified atom stereocenters. The van der Waals surface area contributed by atoms with Crippen LogP contribution in [-0.2, 0) is 46.2 Å². The van der Waals surface area contributed by atoms with Gasteiger partial charge in [0.2, 0.25) is 0 Å². The van der Waals surface area contributed by atoms with Crippen LogP contribution in [0.15, 0.2) is 42.5 Å². The van der Waals surface area contributed by atoms with E-state index in [-0.39, 0.29) is 0 Å². The Kier molecular flexibility index (Phi) is 9.56. The fourth-order valence-corrected chi connectivity index (χ4v) is 5.11. The Labute approximate surface area is 216 Å². The number of carbonyl (C=O) groups is 3. The molecule has 1 saturated heterocycles. The van der Waals surface area contributed by atoms with Crippen molar-refractivity contribution in [1.29, 1.82) is 0 Å². The average molecular weight is 515 g/mol. The van der Waals surface area contributed by atoms with E-state index in [0.717, 1.165) is 29.5 Å². The number of hydrogen-bond donors (Lipinski definition) is 0. The van der Waals surface area contributed by atoms with Crippen LogP contribution in [-0.4, -0.2) is 47.9 Å². The second-order valence-corrected chi connectivity index (χ2v) is 9.85. The van der Waals surface area contributed by atoms with Crippen LogP contribution in [0.3, 0.4) is 0 Å². The van der Waals surface area contributed by atoms with Crippen molar-refractivity contribution in [3.63, 3.8) is 0 Å². The summed E-state index contributed by atoms with van der Waals surface area (Å²) in [4.78, 5) is 35.9. The summed E-state index contributed by atoms with van der Waals surface area (Å²) in [5.74, 6) is -1.68. The summed E-state index contributed by atoms with van der Waals surface area (Å²) in [6.07, 6.45) is -0.177. The van der Waals surface area contributed by atoms with Gasteiger partial charge in [0.1, 0.15) is 11.5 Å². The van der Waals surface area contributed by atoms with Crippen LogP contribution in [0, 0.1) is 6.92 Å². The molecule has 0 spiro atoms. The maximum Gasteiger partial charge on any atom is 0.303 e. The first-order valence-corrected chi connectivity index (χ1v) is 13.3. The topological polar surface area (TPSA) is 88.1 Å². The number of thioether (sulfide) groups is 1. The molecule has 0 aromatic heterocycles. The quantitative estimate of drug-likeness (QED) is 0.370. The van der Waals surface area contributed by atoms with Gasteiger partial charge in [-0.15, -0.1) is 11.8 Å². The average Bonchev–Trinajstić information content (AvgIpc) is 2.82. The van der Waals surface area contributed by atoms with Gasteiger partial charge in [-0.1, -0.05) is 49.4 Å². The molecular weight excluding hydrogens is 480 g/mol. The summed E-state index contributed by atoms with van der Waals surface area (Å²) < 4.78 is 23.1. The maximum atomic E-state index is 12.1. The smallest absolute Gasteiger partial charge is 0.303 e. The lowest BCUT2D eigenvalue weighted by atomic mass is 9.90. The molecule has 1 aliphatic heterocycles. The van der Waals surface area contributed by atoms with Gasteiger partial charge in [0.05, 0.1) is 0 Å². The molecular formula is C28H34O7S. The summed E-state index contributed by atoms with van der Waals surface area (Å²) in [5, 5.41) is 0. The molecule has 2 aromatic rings. The van der Waals surface area contributed by atoms with E-state index in [1.54, 1.807) is 0 Å². The Morgan fingerprint density at radius 1 is 0.833 bits per heavy atom. The summed E-state index contributed by atoms with van der Waals surface area (Å²) in [5.41, 5.74) is 4.84. The third kappa shape index (κ3) is 6.89. The SMILES string of the molecule is CCc1ccc(Cc2cc([C@@H]3O[C@H](SC)[C@@H](OC(C)=O)[C@H](OC(C)=O)[C@H]3OC(C)=O)ccc2C)cc1. The van der Waals surface area contributed by atoms with Crippen molar-refractivity contribution in [2.24, 2.45) is 0 Å². The highest BCUT2D eigenvalue weighted by molar-refractivity contribution is 7.99. The number of esters is 3. The number of carbonyl (C=O) groups excluding carboxylic acids is 3. The van der Waals surface area contributed by atoms with Crippen molar-refractivity contribution < 1.29 is 33.3 Å². The zero-order valence-electron chi connectivity index (χ0n) is 21.6. The molecule has 194 valence electrons. The molecule has 2 aromatic carbocycles. The van der Waals surface area contributed by atoms with Gasteiger partial charge in [0, 0.05) is 20.8 Å². The molecule has 1 heterocycles. The molecule has 1 aliphatic rings. The summed E-state index contributed by atoms with van der Waals surface area (Å²) >= 11 is 1.33. The highest BCUT2D eigenvalue weighted by atomic mass is 32.2. The largest absolute Gasteiger partial charge is 0.455 e. The Hall–Kier alpha value is -2.84. The molecule has 0 radical (unpaired) electrons. The molecule has 36 heavy (non-hydrogen) atoms. The van der Waals surface area contributed by atoms with Crippen molar-refractivity contribution >= 4 is 29.7 Å². The molecule has 0 bridgehead atoms. The molecule has 7 nitrogen and oxygen atoms in total. The van der Waals surface area contributed by atoms with Crippen molar-refractivity contribution in [3.05, 3.63) is 70.3 Å². The van der Waals surface area contributed by atoms with Crippen molar-refractivity contribution in [2.75, 3.05) is 6.26 Å². The minimum Gasteiger partial charge on any atom is -0.455 e. The van der Waals surface area contributed by atoms with Gasteiger partial charge < -0.3 is 18.9 Å². The molecule has 0 aliphatic carbocycles. The summed E-state index contributed by atoms with van der Waals surface area (Å²) in [6.45, 7) is 8.00. The third-order valence-electron chi connectivity index (χ3n) is 6.16. The molecule has 3 rings (SSSR count). The van der Waals surface area contributed by atoms with Gasteiger partial charge in [-0.3, -0.25) is 14.4 Å². The Morgan fingerprint density at radius 2 is 1.39 bits per heavy atom. The van der Waals surface area contributed by atoms with E-state index in [1.807, 2.05) is 31.4 Å². The lowest BCUT2D eigenvalue weighted by molar-refractivity contribution is -0.233. The molecule has 5 atom stereocenters. The first-order valence-electron chi connectivity index (χ1n) is 12.0. The van der Waals surface area contributed by atoms with Gasteiger partial charge in [-0.05, 0) is 53.8 Å². The van der Waals surface area contributed by atoms with Crippen LogP contribution in [0.25, 0.3) is 0 Å². The number of ether oxygens (including phenoxy) is 4. The number of hydrogen-bond acceptors (Lipinski definition) is 8. The third-order valence-corrected chi connectivity index (χ3v) is 7.00. The highest BCUT2D eigenvalue weighted by Crippen LogP contribution is 2.40. The lowest BCUT2D eigenvalue weighted by Gasteiger charge is -2.44. The number of aryl methyl sites for hydroxylation is 2. The van der Waals surface area contributed by atoms with Gasteiger partial charge in [0.25, 0.3) is 0 Å². The molecule has 0 saturated carbocycles. The van der Waals surface area contributed by atoms with Gasteiger partial charge in [0.15, 0.2) is 18.3 Å². The fraction of sp³-hybridized carbons (Fsp3) is 0.464. The maximum absolute atomic E-state index is 12.1. The van der Waals surface area contributed by atoms with Crippen molar-refractivity contribution in [3.8, 4) is 0 Å². The van der Waals surface area contributed by atoms with E-state index in [2.05, 4.69) is 31.2 Å². The van der Waals surface area contributed by atoms with Gasteiger partial charge in [-0.25, -0.2) is 0 Å². The van der Waals surface area contributed by atoms with Gasteiger partial charge in [-0.2, -0.15) is 0 Å². The van der Waals surface area contributed by atoms with Crippen LogP contribution in [0.5, 0.6) is 0 Å². The minimum atomic E-state index is -1.03. The monoisotopic (exact) mass is 514 g/mol. The second-order valence-electron chi connectivity index (χ2n) is 8.92. The highest BCUT2D eigenvalue weighted by Gasteiger charge is 2.52. The van der Waals surface area contributed by atoms with E-state index in [4.69, 9.17) is 18.9 Å². The van der Waals surface area contributed by atoms with E-state index in [9.17, 15) is 14.4 Å². The number of benzene rings is 2. The molecule has 0 amide bonds. The minimum absolute atomic E-state index is 0.549. The standard InChI is InChI=1S/C28H34O7S/c1-7-20-9-11-21(12-10-20)14-23-15-22(13-8-16(23)2)24-25(32-17(3)29)26(33-18(4)30)27(34-19(5)31)28(35-24)36-6/h8-13,15,24-28H,7,14H2,1-6H3/t24-,25-,26+,27-,28+/m0/s1. The van der Waals surface area contributed by atoms with Crippen LogP contribution in [0.1, 0.15) is 61.6 Å². The van der Waals surface area contributed by atoms with Crippen LogP contribution in [0.2, 0.25) is 0 Å². The van der Waals surface area contributed by atoms with Crippen LogP contribution in [0.4, 0.5) is 0 Å². The first kappa shape index (κ1) is 27.7. The normalized spacial score (nSPS) is 23.6. The van der Waals surface area contributed by atoms with Crippen LogP contribution < -0.4 is 0 Å². The lowest BCUT2D eigenvalue weighted by Crippen LogP contribution is -2.57. The first-order chi connectivity index (χ1) is 17.1. The van der Waals surface area contributed by atoms with Gasteiger partial charge >= 0.3 is 17.9 Å². The Bertz CT molecular complexity index is 1080. The van der Waals surface area contributed by atoms with Crippen molar-refractivity contribution in [2.45, 2.75) is 77.3 Å². The Balaban J connectivity index is 2.01.